The molecule has 2 aliphatic carbocycles. The van der Waals surface area contributed by atoms with Gasteiger partial charge in [0, 0.05) is 18.4 Å². The lowest BCUT2D eigenvalue weighted by atomic mass is 9.52. The van der Waals surface area contributed by atoms with Crippen LogP contribution in [0.2, 0.25) is 19.6 Å². The number of ketones is 1. The molecule has 1 saturated carbocycles. The predicted molar refractivity (Wildman–Crippen MR) is 132 cm³/mol. The lowest BCUT2D eigenvalue weighted by Crippen LogP contribution is -2.52. The molecule has 176 valence electrons. The van der Waals surface area contributed by atoms with Crippen molar-refractivity contribution in [2.75, 3.05) is 13.9 Å². The Labute approximate surface area is 192 Å². The Bertz CT molecular complexity index is 668. The van der Waals surface area contributed by atoms with Gasteiger partial charge in [0.1, 0.15) is 14.9 Å². The molecule has 2 aliphatic rings. The lowest BCUT2D eigenvalue weighted by Gasteiger charge is -2.52. The molecule has 0 bridgehead atoms. The molecule has 0 heterocycles. The third-order valence-corrected chi connectivity index (χ3v) is 8.34. The number of carbonyl (C=O) groups excluding carboxylic acids is 1. The van der Waals surface area contributed by atoms with Gasteiger partial charge in [-0.25, -0.2) is 0 Å². The van der Waals surface area contributed by atoms with E-state index in [1.165, 1.54) is 32.1 Å². The maximum atomic E-state index is 13.8. The van der Waals surface area contributed by atoms with Crippen LogP contribution in [0.15, 0.2) is 12.2 Å². The minimum Gasteiger partial charge on any atom is -0.359 e. The second kappa shape index (κ2) is 11.8. The van der Waals surface area contributed by atoms with E-state index in [1.807, 2.05) is 0 Å². The van der Waals surface area contributed by atoms with E-state index in [-0.39, 0.29) is 23.7 Å². The van der Waals surface area contributed by atoms with Crippen molar-refractivity contribution >= 4 is 13.9 Å². The van der Waals surface area contributed by atoms with Crippen LogP contribution in [0, 0.1) is 40.6 Å². The molecule has 0 amide bonds. The van der Waals surface area contributed by atoms with Gasteiger partial charge in [-0.15, -0.1) is 5.54 Å². The average molecular weight is 447 g/mol. The Hall–Kier alpha value is -0.893. The van der Waals surface area contributed by atoms with Crippen LogP contribution in [0.3, 0.4) is 0 Å². The molecule has 6 atom stereocenters. The lowest BCUT2D eigenvalue weighted by molar-refractivity contribution is -0.144. The first-order valence-corrected chi connectivity index (χ1v) is 16.0. The first-order chi connectivity index (χ1) is 14.6. The minimum atomic E-state index is -1.61. The van der Waals surface area contributed by atoms with Crippen LogP contribution in [0.25, 0.3) is 0 Å². The zero-order valence-electron chi connectivity index (χ0n) is 21.1. The van der Waals surface area contributed by atoms with Crippen LogP contribution in [0.1, 0.15) is 72.1 Å². The third kappa shape index (κ3) is 6.79. The Morgan fingerprint density at radius 2 is 1.94 bits per heavy atom. The van der Waals surface area contributed by atoms with Crippen molar-refractivity contribution in [3.8, 4) is 11.5 Å². The van der Waals surface area contributed by atoms with Crippen molar-refractivity contribution in [3.05, 3.63) is 12.2 Å². The number of allylic oxidation sites excluding steroid dienone is 1. The van der Waals surface area contributed by atoms with E-state index in [0.717, 1.165) is 19.3 Å². The highest BCUT2D eigenvalue weighted by Crippen LogP contribution is 2.54. The van der Waals surface area contributed by atoms with Crippen molar-refractivity contribution in [1.29, 1.82) is 0 Å². The number of carbonyl (C=O) groups is 1. The summed E-state index contributed by atoms with van der Waals surface area (Å²) in [5, 5.41) is 0. The van der Waals surface area contributed by atoms with Crippen molar-refractivity contribution in [2.45, 2.75) is 97.9 Å². The predicted octanol–water partition coefficient (Wildman–Crippen LogP) is 6.64. The van der Waals surface area contributed by atoms with E-state index >= 15 is 0 Å². The Balaban J connectivity index is 2.35. The number of hydrogen-bond donors (Lipinski definition) is 0. The Morgan fingerprint density at radius 3 is 2.58 bits per heavy atom. The molecule has 0 aromatic heterocycles. The summed E-state index contributed by atoms with van der Waals surface area (Å²) in [6, 6.07) is 0. The number of hydrogen-bond acceptors (Lipinski definition) is 3. The maximum absolute atomic E-state index is 13.8. The Kier molecular flexibility index (Phi) is 10.1. The number of unbranched alkanes of at least 4 members (excludes halogenated alkanes) is 3. The van der Waals surface area contributed by atoms with Gasteiger partial charge in [-0.2, -0.15) is 0 Å². The summed E-state index contributed by atoms with van der Waals surface area (Å²) in [5.74, 6) is 4.62. The molecule has 2 rings (SSSR count). The summed E-state index contributed by atoms with van der Waals surface area (Å²) < 4.78 is 11.3. The standard InChI is InChI=1S/C27H46O3Si/c1-8-9-10-11-13-21(2)23-17-16-22-24(14-12-15-25(22)30-20-29-4)27(23,3)26(28)18-19-31(5,6)7/h16-17,21-25H,8-15,20H2,1-7H3/t21-,22+,23+,24-,25-,27-/m1/s1. The van der Waals surface area contributed by atoms with Gasteiger partial charge in [0.05, 0.1) is 6.10 Å². The average Bonchev–Trinajstić information content (AvgIpc) is 2.73. The van der Waals surface area contributed by atoms with Crippen LogP contribution < -0.4 is 0 Å². The second-order valence-corrected chi connectivity index (χ2v) is 15.8. The van der Waals surface area contributed by atoms with E-state index in [4.69, 9.17) is 9.47 Å². The van der Waals surface area contributed by atoms with Gasteiger partial charge in [-0.05, 0) is 36.5 Å². The molecular weight excluding hydrogens is 400 g/mol. The zero-order chi connectivity index (χ0) is 23.1. The minimum absolute atomic E-state index is 0.132. The van der Waals surface area contributed by atoms with Crippen molar-refractivity contribution in [1.82, 2.24) is 0 Å². The number of ether oxygens (including phenoxy) is 2. The van der Waals surface area contributed by atoms with Gasteiger partial charge in [-0.1, -0.05) is 91.1 Å². The summed E-state index contributed by atoms with van der Waals surface area (Å²) in [7, 11) is 0.0618. The fourth-order valence-electron chi connectivity index (χ4n) is 5.74. The first-order valence-electron chi connectivity index (χ1n) is 12.5. The largest absolute Gasteiger partial charge is 0.359 e. The van der Waals surface area contributed by atoms with Gasteiger partial charge in [-0.3, -0.25) is 4.79 Å². The summed E-state index contributed by atoms with van der Waals surface area (Å²) >= 11 is 0. The molecule has 0 radical (unpaired) electrons. The summed E-state index contributed by atoms with van der Waals surface area (Å²) in [5.41, 5.74) is 2.93. The van der Waals surface area contributed by atoms with Crippen molar-refractivity contribution < 1.29 is 14.3 Å². The molecule has 1 fully saturated rings. The third-order valence-electron chi connectivity index (χ3n) is 7.47. The van der Waals surface area contributed by atoms with Gasteiger partial charge in [0.25, 0.3) is 0 Å². The van der Waals surface area contributed by atoms with Gasteiger partial charge < -0.3 is 9.47 Å². The van der Waals surface area contributed by atoms with E-state index < -0.39 is 13.5 Å². The molecule has 0 aliphatic heterocycles. The SMILES string of the molecule is CCCCCC[C@@H](C)[C@@H]1C=C[C@H]2[C@@H](CCC[C@H]2OCOC)[C@]1(C)C(=O)C#C[Si](C)(C)C. The molecule has 0 aromatic rings. The van der Waals surface area contributed by atoms with Gasteiger partial charge >= 0.3 is 0 Å². The topological polar surface area (TPSA) is 35.5 Å². The van der Waals surface area contributed by atoms with Gasteiger partial charge in [0.2, 0.25) is 5.78 Å². The number of Topliss-reactive ketones (excluding diaryl/α,β-unsaturated/α-hetero) is 1. The van der Waals surface area contributed by atoms with Crippen LogP contribution in [0.4, 0.5) is 0 Å². The number of fused-ring (bicyclic) bond motifs is 1. The molecule has 0 unspecified atom stereocenters. The molecular formula is C27H46O3Si. The van der Waals surface area contributed by atoms with Crippen LogP contribution in [0.5, 0.6) is 0 Å². The van der Waals surface area contributed by atoms with E-state index in [2.05, 4.69) is 64.0 Å². The zero-order valence-corrected chi connectivity index (χ0v) is 22.1. The van der Waals surface area contributed by atoms with E-state index in [0.29, 0.717) is 18.6 Å². The fraction of sp³-hybridized carbons (Fsp3) is 0.815. The van der Waals surface area contributed by atoms with Gasteiger partial charge in [0.15, 0.2) is 0 Å². The second-order valence-electron chi connectivity index (χ2n) is 11.1. The molecule has 0 N–H and O–H groups in total. The number of rotatable bonds is 10. The summed E-state index contributed by atoms with van der Waals surface area (Å²) in [6.45, 7) is 13.8. The first kappa shape index (κ1) is 26.4. The van der Waals surface area contributed by atoms with Crippen molar-refractivity contribution in [2.24, 2.45) is 29.1 Å². The van der Waals surface area contributed by atoms with Crippen LogP contribution in [-0.4, -0.2) is 33.9 Å². The molecule has 4 heteroatoms. The smallest absolute Gasteiger partial charge is 0.211 e. The van der Waals surface area contributed by atoms with E-state index in [1.54, 1.807) is 7.11 Å². The molecule has 0 spiro atoms. The summed E-state index contributed by atoms with van der Waals surface area (Å²) in [4.78, 5) is 13.8. The van der Waals surface area contributed by atoms with E-state index in [9.17, 15) is 4.79 Å². The highest BCUT2D eigenvalue weighted by molar-refractivity contribution is 6.84. The highest BCUT2D eigenvalue weighted by Gasteiger charge is 2.54. The molecule has 3 nitrogen and oxygen atoms in total. The normalized spacial score (nSPS) is 31.5. The molecule has 31 heavy (non-hydrogen) atoms. The Morgan fingerprint density at radius 1 is 1.19 bits per heavy atom. The maximum Gasteiger partial charge on any atom is 0.211 e. The number of methoxy groups -OCH3 is 1. The van der Waals surface area contributed by atoms with Crippen molar-refractivity contribution in [3.63, 3.8) is 0 Å². The quantitative estimate of drug-likeness (QED) is 0.124. The fourth-order valence-corrected chi connectivity index (χ4v) is 6.23. The highest BCUT2D eigenvalue weighted by atomic mass is 28.3. The molecule has 0 aromatic carbocycles. The van der Waals surface area contributed by atoms with Crippen LogP contribution >= 0.6 is 0 Å². The molecule has 0 saturated heterocycles. The monoisotopic (exact) mass is 446 g/mol. The summed E-state index contributed by atoms with van der Waals surface area (Å²) in [6.07, 6.45) is 14.4. The van der Waals surface area contributed by atoms with Crippen LogP contribution in [-0.2, 0) is 14.3 Å².